The molecule has 0 aliphatic rings. The molecule has 0 radical (unpaired) electrons. The molecule has 82 valence electrons. The number of thiophene rings is 1. The molecular formula is C11H5BrCl2OS. The van der Waals surface area contributed by atoms with Gasteiger partial charge in [-0.25, -0.2) is 0 Å². The number of benzene rings is 1. The Labute approximate surface area is 115 Å². The van der Waals surface area contributed by atoms with Crippen LogP contribution < -0.4 is 0 Å². The van der Waals surface area contributed by atoms with Gasteiger partial charge < -0.3 is 0 Å². The molecule has 0 amide bonds. The van der Waals surface area contributed by atoms with Crippen molar-refractivity contribution in [2.75, 3.05) is 0 Å². The van der Waals surface area contributed by atoms with Crippen LogP contribution in [0.4, 0.5) is 0 Å². The maximum Gasteiger partial charge on any atom is 0.203 e. The lowest BCUT2D eigenvalue weighted by molar-refractivity contribution is 0.104. The van der Waals surface area contributed by atoms with Gasteiger partial charge >= 0.3 is 0 Å². The summed E-state index contributed by atoms with van der Waals surface area (Å²) >= 11 is 16.4. The van der Waals surface area contributed by atoms with Crippen molar-refractivity contribution in [2.24, 2.45) is 0 Å². The van der Waals surface area contributed by atoms with E-state index in [0.29, 0.717) is 20.5 Å². The fourth-order valence-electron chi connectivity index (χ4n) is 1.26. The summed E-state index contributed by atoms with van der Waals surface area (Å²) in [7, 11) is 0. The lowest BCUT2D eigenvalue weighted by Crippen LogP contribution is -1.98. The zero-order valence-corrected chi connectivity index (χ0v) is 11.8. The van der Waals surface area contributed by atoms with Gasteiger partial charge in [-0.2, -0.15) is 0 Å². The molecule has 16 heavy (non-hydrogen) atoms. The van der Waals surface area contributed by atoms with E-state index in [0.717, 1.165) is 3.79 Å². The summed E-state index contributed by atoms with van der Waals surface area (Å²) in [5, 5.41) is 0.929. The molecule has 1 aromatic carbocycles. The Bertz CT molecular complexity index is 530. The van der Waals surface area contributed by atoms with Crippen LogP contribution in [0.3, 0.4) is 0 Å². The van der Waals surface area contributed by atoms with Gasteiger partial charge in [0.25, 0.3) is 0 Å². The number of hydrogen-bond donors (Lipinski definition) is 0. The summed E-state index contributed by atoms with van der Waals surface area (Å²) in [6, 6.07) is 8.44. The van der Waals surface area contributed by atoms with Crippen LogP contribution in [0.1, 0.15) is 15.2 Å². The Kier molecular flexibility index (Phi) is 3.70. The summed E-state index contributed by atoms with van der Waals surface area (Å²) in [4.78, 5) is 12.7. The molecule has 0 aliphatic heterocycles. The highest BCUT2D eigenvalue weighted by molar-refractivity contribution is 9.11. The Hall–Kier alpha value is -0.350. The molecule has 0 atom stereocenters. The third kappa shape index (κ3) is 2.66. The molecule has 1 heterocycles. The lowest BCUT2D eigenvalue weighted by atomic mass is 10.1. The van der Waals surface area contributed by atoms with Crippen molar-refractivity contribution < 1.29 is 4.79 Å². The van der Waals surface area contributed by atoms with Crippen LogP contribution in [-0.4, -0.2) is 5.78 Å². The largest absolute Gasteiger partial charge is 0.288 e. The number of carbonyl (C=O) groups excluding carboxylic acids is 1. The zero-order chi connectivity index (χ0) is 11.7. The van der Waals surface area contributed by atoms with E-state index in [1.165, 1.54) is 11.3 Å². The number of halogens is 3. The molecule has 0 aliphatic carbocycles. The van der Waals surface area contributed by atoms with Gasteiger partial charge in [-0.1, -0.05) is 23.2 Å². The van der Waals surface area contributed by atoms with E-state index in [1.54, 1.807) is 24.3 Å². The summed E-state index contributed by atoms with van der Waals surface area (Å²) in [5.41, 5.74) is 0.506. The van der Waals surface area contributed by atoms with Crippen LogP contribution in [0.2, 0.25) is 10.0 Å². The van der Waals surface area contributed by atoms with Crippen molar-refractivity contribution in [2.45, 2.75) is 0 Å². The monoisotopic (exact) mass is 334 g/mol. The molecule has 0 fully saturated rings. The van der Waals surface area contributed by atoms with Gasteiger partial charge in [-0.15, -0.1) is 11.3 Å². The molecule has 1 nitrogen and oxygen atoms in total. The van der Waals surface area contributed by atoms with Crippen molar-refractivity contribution in [3.8, 4) is 0 Å². The van der Waals surface area contributed by atoms with Gasteiger partial charge in [0.1, 0.15) is 0 Å². The minimum absolute atomic E-state index is 0.0694. The predicted molar refractivity (Wildman–Crippen MR) is 71.9 cm³/mol. The summed E-state index contributed by atoms with van der Waals surface area (Å²) in [6.45, 7) is 0. The smallest absolute Gasteiger partial charge is 0.203 e. The van der Waals surface area contributed by atoms with Crippen LogP contribution in [0.25, 0.3) is 0 Å². The fourth-order valence-corrected chi connectivity index (χ4v) is 3.14. The van der Waals surface area contributed by atoms with Crippen molar-refractivity contribution in [3.05, 3.63) is 54.6 Å². The summed E-state index contributed by atoms with van der Waals surface area (Å²) < 4.78 is 0.920. The van der Waals surface area contributed by atoms with Crippen LogP contribution >= 0.6 is 50.5 Å². The van der Waals surface area contributed by atoms with Crippen LogP contribution in [0, 0.1) is 0 Å². The molecule has 0 spiro atoms. The third-order valence-corrected chi connectivity index (χ3v) is 3.98. The number of carbonyl (C=O) groups is 1. The number of ketones is 1. The van der Waals surface area contributed by atoms with E-state index in [4.69, 9.17) is 23.2 Å². The second kappa shape index (κ2) is 4.88. The molecule has 5 heteroatoms. The summed E-state index contributed by atoms with van der Waals surface area (Å²) in [5.74, 6) is -0.0694. The van der Waals surface area contributed by atoms with Crippen LogP contribution in [0.5, 0.6) is 0 Å². The zero-order valence-electron chi connectivity index (χ0n) is 7.84. The first kappa shape index (κ1) is 12.1. The second-order valence-electron chi connectivity index (χ2n) is 3.09. The van der Waals surface area contributed by atoms with Crippen LogP contribution in [0.15, 0.2) is 34.1 Å². The molecule has 0 saturated heterocycles. The molecular weight excluding hydrogens is 331 g/mol. The first-order chi connectivity index (χ1) is 7.56. The minimum atomic E-state index is -0.0694. The van der Waals surface area contributed by atoms with Gasteiger partial charge in [0, 0.05) is 15.6 Å². The first-order valence-electron chi connectivity index (χ1n) is 4.32. The van der Waals surface area contributed by atoms with E-state index in [1.807, 2.05) is 6.07 Å². The van der Waals surface area contributed by atoms with Gasteiger partial charge in [0.2, 0.25) is 5.78 Å². The number of hydrogen-bond acceptors (Lipinski definition) is 2. The normalized spacial score (nSPS) is 10.4. The third-order valence-electron chi connectivity index (χ3n) is 1.92. The van der Waals surface area contributed by atoms with Gasteiger partial charge in [0.15, 0.2) is 0 Å². The van der Waals surface area contributed by atoms with Crippen molar-refractivity contribution >= 4 is 56.3 Å². The van der Waals surface area contributed by atoms with E-state index in [9.17, 15) is 4.79 Å². The molecule has 0 unspecified atom stereocenters. The van der Waals surface area contributed by atoms with Gasteiger partial charge in [0.05, 0.1) is 8.66 Å². The second-order valence-corrected chi connectivity index (χ2v) is 6.43. The average Bonchev–Trinajstić information content (AvgIpc) is 2.62. The average molecular weight is 336 g/mol. The Balaban J connectivity index is 2.41. The molecule has 2 aromatic rings. The topological polar surface area (TPSA) is 17.1 Å². The molecule has 0 bridgehead atoms. The molecule has 0 saturated carbocycles. The highest BCUT2D eigenvalue weighted by Gasteiger charge is 2.12. The van der Waals surface area contributed by atoms with E-state index in [2.05, 4.69) is 15.9 Å². The SMILES string of the molecule is O=C(c1cc(Cl)cc(Cl)c1)c1ccc(Br)s1. The fraction of sp³-hybridized carbons (Fsp3) is 0. The van der Waals surface area contributed by atoms with E-state index < -0.39 is 0 Å². The summed E-state index contributed by atoms with van der Waals surface area (Å²) in [6.07, 6.45) is 0. The maximum absolute atomic E-state index is 12.0. The quantitative estimate of drug-likeness (QED) is 0.702. The molecule has 2 rings (SSSR count). The minimum Gasteiger partial charge on any atom is -0.288 e. The predicted octanol–water partition coefficient (Wildman–Crippen LogP) is 5.05. The Morgan fingerprint density at radius 1 is 1.12 bits per heavy atom. The standard InChI is InChI=1S/C11H5BrCl2OS/c12-10-2-1-9(16-10)11(15)6-3-7(13)5-8(14)4-6/h1-5H. The van der Waals surface area contributed by atoms with E-state index in [-0.39, 0.29) is 5.78 Å². The Morgan fingerprint density at radius 2 is 1.75 bits per heavy atom. The Morgan fingerprint density at radius 3 is 2.25 bits per heavy atom. The van der Waals surface area contributed by atoms with Crippen molar-refractivity contribution in [3.63, 3.8) is 0 Å². The highest BCUT2D eigenvalue weighted by atomic mass is 79.9. The molecule has 0 N–H and O–H groups in total. The van der Waals surface area contributed by atoms with Gasteiger partial charge in [-0.3, -0.25) is 4.79 Å². The highest BCUT2D eigenvalue weighted by Crippen LogP contribution is 2.26. The van der Waals surface area contributed by atoms with Crippen LogP contribution in [-0.2, 0) is 0 Å². The first-order valence-corrected chi connectivity index (χ1v) is 6.69. The lowest BCUT2D eigenvalue weighted by Gasteiger charge is -2.00. The van der Waals surface area contributed by atoms with Crippen molar-refractivity contribution in [1.29, 1.82) is 0 Å². The molecule has 1 aromatic heterocycles. The number of rotatable bonds is 2. The van der Waals surface area contributed by atoms with Gasteiger partial charge in [-0.05, 0) is 46.3 Å². The maximum atomic E-state index is 12.0. The van der Waals surface area contributed by atoms with Crippen molar-refractivity contribution in [1.82, 2.24) is 0 Å². The van der Waals surface area contributed by atoms with E-state index >= 15 is 0 Å².